The number of likely N-dealkylation sites (N-methyl/N-ethyl adjacent to an activating group) is 1. The van der Waals surface area contributed by atoms with Gasteiger partial charge in [-0.1, -0.05) is 25.1 Å². The summed E-state index contributed by atoms with van der Waals surface area (Å²) in [5.41, 5.74) is 1.08. The van der Waals surface area contributed by atoms with E-state index in [2.05, 4.69) is 10.6 Å². The van der Waals surface area contributed by atoms with E-state index in [4.69, 9.17) is 4.74 Å². The molecule has 0 bridgehead atoms. The van der Waals surface area contributed by atoms with Crippen molar-refractivity contribution in [3.63, 3.8) is 0 Å². The van der Waals surface area contributed by atoms with Gasteiger partial charge in [-0.25, -0.2) is 4.79 Å². The van der Waals surface area contributed by atoms with Crippen LogP contribution in [-0.4, -0.2) is 50.1 Å². The number of para-hydroxylation sites is 1. The summed E-state index contributed by atoms with van der Waals surface area (Å²) < 4.78 is 5.67. The summed E-state index contributed by atoms with van der Waals surface area (Å²) in [6.07, 6.45) is 0.831. The first kappa shape index (κ1) is 18.0. The number of hydrogen-bond donors (Lipinski definition) is 2. The van der Waals surface area contributed by atoms with Gasteiger partial charge in [0.15, 0.2) is 0 Å². The Morgan fingerprint density at radius 3 is 2.68 bits per heavy atom. The summed E-state index contributed by atoms with van der Waals surface area (Å²) in [5, 5.41) is 4.88. The highest BCUT2D eigenvalue weighted by Crippen LogP contribution is 2.15. The van der Waals surface area contributed by atoms with Crippen molar-refractivity contribution in [3.8, 4) is 5.75 Å². The quantitative estimate of drug-likeness (QED) is 0.764. The number of aryl methyl sites for hydroxylation is 1. The number of ether oxygens (including phenoxy) is 1. The third-order valence-corrected chi connectivity index (χ3v) is 3.03. The number of urea groups is 1. The molecule has 0 unspecified atom stereocenters. The van der Waals surface area contributed by atoms with Crippen LogP contribution in [0.25, 0.3) is 0 Å². The summed E-state index contributed by atoms with van der Waals surface area (Å²) in [5.74, 6) is 0.520. The van der Waals surface area contributed by atoms with Crippen LogP contribution in [0.5, 0.6) is 5.75 Å². The third kappa shape index (κ3) is 7.08. The van der Waals surface area contributed by atoms with E-state index in [-0.39, 0.29) is 12.5 Å². The molecule has 0 aliphatic rings. The van der Waals surface area contributed by atoms with Crippen molar-refractivity contribution in [1.29, 1.82) is 0 Å². The number of amides is 3. The summed E-state index contributed by atoms with van der Waals surface area (Å²) >= 11 is 0. The molecule has 0 atom stereocenters. The highest BCUT2D eigenvalue weighted by atomic mass is 16.5. The van der Waals surface area contributed by atoms with Crippen molar-refractivity contribution >= 4 is 11.9 Å². The fourth-order valence-electron chi connectivity index (χ4n) is 1.80. The molecule has 2 N–H and O–H groups in total. The third-order valence-electron chi connectivity index (χ3n) is 3.03. The van der Waals surface area contributed by atoms with E-state index < -0.39 is 6.03 Å². The topological polar surface area (TPSA) is 70.7 Å². The molecule has 122 valence electrons. The Morgan fingerprint density at radius 2 is 2.00 bits per heavy atom. The molecule has 0 aromatic heterocycles. The Bertz CT molecular complexity index is 491. The van der Waals surface area contributed by atoms with Gasteiger partial charge in [0.1, 0.15) is 12.4 Å². The molecule has 0 saturated carbocycles. The minimum Gasteiger partial charge on any atom is -0.492 e. The number of carbonyl (C=O) groups is 2. The first-order valence-corrected chi connectivity index (χ1v) is 7.47. The number of nitrogens with zero attached hydrogens (tertiary/aromatic N) is 1. The number of carbonyl (C=O) groups excluding carboxylic acids is 2. The zero-order valence-corrected chi connectivity index (χ0v) is 13.5. The van der Waals surface area contributed by atoms with E-state index in [0.29, 0.717) is 19.7 Å². The van der Waals surface area contributed by atoms with Crippen LogP contribution in [0.4, 0.5) is 4.79 Å². The number of imide groups is 1. The Kier molecular flexibility index (Phi) is 7.99. The van der Waals surface area contributed by atoms with Gasteiger partial charge >= 0.3 is 6.03 Å². The first-order valence-electron chi connectivity index (χ1n) is 7.47. The number of benzene rings is 1. The van der Waals surface area contributed by atoms with Gasteiger partial charge in [0.25, 0.3) is 0 Å². The SMILES string of the molecule is CCCNC(=O)NC(=O)CN(C)CCOc1ccccc1C. The van der Waals surface area contributed by atoms with Gasteiger partial charge in [0.2, 0.25) is 5.91 Å². The zero-order valence-electron chi connectivity index (χ0n) is 13.5. The predicted molar refractivity (Wildman–Crippen MR) is 86.0 cm³/mol. The van der Waals surface area contributed by atoms with Crippen molar-refractivity contribution in [2.45, 2.75) is 20.3 Å². The number of rotatable bonds is 8. The molecule has 22 heavy (non-hydrogen) atoms. The molecular weight excluding hydrogens is 282 g/mol. The molecular formula is C16H25N3O3. The molecule has 0 heterocycles. The van der Waals surface area contributed by atoms with Gasteiger partial charge < -0.3 is 10.1 Å². The second-order valence-corrected chi connectivity index (χ2v) is 5.16. The summed E-state index contributed by atoms with van der Waals surface area (Å²) in [6, 6.07) is 7.34. The lowest BCUT2D eigenvalue weighted by atomic mass is 10.2. The Hall–Kier alpha value is -2.08. The van der Waals surface area contributed by atoms with Crippen LogP contribution in [0.1, 0.15) is 18.9 Å². The van der Waals surface area contributed by atoms with E-state index in [9.17, 15) is 9.59 Å². The van der Waals surface area contributed by atoms with E-state index in [1.54, 1.807) is 4.90 Å². The van der Waals surface area contributed by atoms with Crippen LogP contribution in [-0.2, 0) is 4.79 Å². The van der Waals surface area contributed by atoms with Crippen LogP contribution in [0.15, 0.2) is 24.3 Å². The second-order valence-electron chi connectivity index (χ2n) is 5.16. The van der Waals surface area contributed by atoms with Crippen molar-refractivity contribution in [2.24, 2.45) is 0 Å². The molecule has 1 aromatic rings. The van der Waals surface area contributed by atoms with E-state index in [0.717, 1.165) is 17.7 Å². The van der Waals surface area contributed by atoms with Gasteiger partial charge in [-0.3, -0.25) is 15.0 Å². The Balaban J connectivity index is 2.22. The van der Waals surface area contributed by atoms with Crippen molar-refractivity contribution < 1.29 is 14.3 Å². The largest absolute Gasteiger partial charge is 0.492 e. The Morgan fingerprint density at radius 1 is 1.27 bits per heavy atom. The van der Waals surface area contributed by atoms with E-state index >= 15 is 0 Å². The fraction of sp³-hybridized carbons (Fsp3) is 0.500. The van der Waals surface area contributed by atoms with Gasteiger partial charge in [-0.2, -0.15) is 0 Å². The molecule has 0 aliphatic heterocycles. The average Bonchev–Trinajstić information content (AvgIpc) is 2.47. The minimum absolute atomic E-state index is 0.149. The lowest BCUT2D eigenvalue weighted by Gasteiger charge is -2.17. The van der Waals surface area contributed by atoms with Crippen LogP contribution in [0, 0.1) is 6.92 Å². The standard InChI is InChI=1S/C16H25N3O3/c1-4-9-17-16(21)18-15(20)12-19(3)10-11-22-14-8-6-5-7-13(14)2/h5-8H,4,9-12H2,1-3H3,(H2,17,18,20,21). The average molecular weight is 307 g/mol. The summed E-state index contributed by atoms with van der Waals surface area (Å²) in [6.45, 7) is 5.72. The monoisotopic (exact) mass is 307 g/mol. The highest BCUT2D eigenvalue weighted by molar-refractivity contribution is 5.95. The molecule has 6 nitrogen and oxygen atoms in total. The summed E-state index contributed by atoms with van der Waals surface area (Å²) in [7, 11) is 1.81. The maximum absolute atomic E-state index is 11.7. The van der Waals surface area contributed by atoms with Crippen molar-refractivity contribution in [3.05, 3.63) is 29.8 Å². The van der Waals surface area contributed by atoms with Crippen molar-refractivity contribution in [1.82, 2.24) is 15.5 Å². The first-order chi connectivity index (χ1) is 10.5. The lowest BCUT2D eigenvalue weighted by Crippen LogP contribution is -2.44. The van der Waals surface area contributed by atoms with Crippen LogP contribution in [0.2, 0.25) is 0 Å². The van der Waals surface area contributed by atoms with Gasteiger partial charge in [-0.15, -0.1) is 0 Å². The fourth-order valence-corrected chi connectivity index (χ4v) is 1.80. The highest BCUT2D eigenvalue weighted by Gasteiger charge is 2.10. The molecule has 0 aliphatic carbocycles. The molecule has 0 saturated heterocycles. The van der Waals surface area contributed by atoms with E-state index in [1.165, 1.54) is 0 Å². The summed E-state index contributed by atoms with van der Waals surface area (Å²) in [4.78, 5) is 24.8. The number of nitrogens with one attached hydrogen (secondary N) is 2. The van der Waals surface area contributed by atoms with Crippen LogP contribution >= 0.6 is 0 Å². The normalized spacial score (nSPS) is 10.4. The molecule has 3 amide bonds. The van der Waals surface area contributed by atoms with Gasteiger partial charge in [0, 0.05) is 13.1 Å². The smallest absolute Gasteiger partial charge is 0.321 e. The van der Waals surface area contributed by atoms with Crippen LogP contribution < -0.4 is 15.4 Å². The zero-order chi connectivity index (χ0) is 16.4. The maximum Gasteiger partial charge on any atom is 0.321 e. The predicted octanol–water partition coefficient (Wildman–Crippen LogP) is 1.54. The van der Waals surface area contributed by atoms with Crippen LogP contribution in [0.3, 0.4) is 0 Å². The van der Waals surface area contributed by atoms with Crippen molar-refractivity contribution in [2.75, 3.05) is 33.3 Å². The molecule has 1 aromatic carbocycles. The molecule has 6 heteroatoms. The number of hydrogen-bond acceptors (Lipinski definition) is 4. The van der Waals surface area contributed by atoms with Gasteiger partial charge in [-0.05, 0) is 32.0 Å². The molecule has 0 spiro atoms. The molecule has 0 fully saturated rings. The van der Waals surface area contributed by atoms with E-state index in [1.807, 2.05) is 45.2 Å². The van der Waals surface area contributed by atoms with Gasteiger partial charge in [0.05, 0.1) is 6.54 Å². The maximum atomic E-state index is 11.7. The molecule has 1 rings (SSSR count). The lowest BCUT2D eigenvalue weighted by molar-refractivity contribution is -0.120. The Labute approximate surface area is 131 Å². The molecule has 0 radical (unpaired) electrons. The minimum atomic E-state index is -0.448. The second kappa shape index (κ2) is 9.78.